The van der Waals surface area contributed by atoms with E-state index < -0.39 is 0 Å². The van der Waals surface area contributed by atoms with Gasteiger partial charge in [0, 0.05) is 24.1 Å². The van der Waals surface area contributed by atoms with Crippen LogP contribution in [0.3, 0.4) is 0 Å². The topological polar surface area (TPSA) is 62.7 Å². The molecule has 2 heterocycles. The molecule has 5 heteroatoms. The summed E-state index contributed by atoms with van der Waals surface area (Å²) >= 11 is 0. The molecule has 0 fully saturated rings. The van der Waals surface area contributed by atoms with Crippen LogP contribution in [0.15, 0.2) is 48.7 Å². The quantitative estimate of drug-likeness (QED) is 0.591. The van der Waals surface area contributed by atoms with Crippen LogP contribution < -0.4 is 5.32 Å². The minimum Gasteiger partial charge on any atom is -0.361 e. The van der Waals surface area contributed by atoms with Crippen LogP contribution in [0.5, 0.6) is 0 Å². The van der Waals surface area contributed by atoms with E-state index in [0.29, 0.717) is 6.42 Å². The first-order chi connectivity index (χ1) is 12.5. The van der Waals surface area contributed by atoms with Gasteiger partial charge in [0.1, 0.15) is 5.82 Å². The van der Waals surface area contributed by atoms with Crippen LogP contribution in [-0.2, 0) is 18.3 Å². The summed E-state index contributed by atoms with van der Waals surface area (Å²) in [5.74, 6) is 0.850. The lowest BCUT2D eigenvalue weighted by molar-refractivity contribution is -0.121. The number of nitrogens with zero attached hydrogens (tertiary/aromatic N) is 2. The number of amides is 1. The van der Waals surface area contributed by atoms with E-state index in [4.69, 9.17) is 0 Å². The second-order valence-corrected chi connectivity index (χ2v) is 6.80. The summed E-state index contributed by atoms with van der Waals surface area (Å²) in [6.45, 7) is 4.04. The minimum absolute atomic E-state index is 0.00582. The van der Waals surface area contributed by atoms with Crippen molar-refractivity contribution in [1.82, 2.24) is 19.9 Å². The van der Waals surface area contributed by atoms with Gasteiger partial charge < -0.3 is 14.9 Å². The van der Waals surface area contributed by atoms with E-state index in [1.165, 1.54) is 5.56 Å². The molecule has 132 valence electrons. The Kier molecular flexibility index (Phi) is 3.99. The molecular formula is C21H22N4O. The second-order valence-electron chi connectivity index (χ2n) is 6.80. The van der Waals surface area contributed by atoms with E-state index in [1.807, 2.05) is 61.1 Å². The van der Waals surface area contributed by atoms with Crippen LogP contribution in [0.25, 0.3) is 21.9 Å². The zero-order valence-corrected chi connectivity index (χ0v) is 15.2. The number of rotatable bonds is 4. The molecule has 0 aliphatic rings. The Bertz CT molecular complexity index is 1110. The Morgan fingerprint density at radius 1 is 1.23 bits per heavy atom. The number of carbonyl (C=O) groups is 1. The molecule has 0 aliphatic carbocycles. The first-order valence-electron chi connectivity index (χ1n) is 8.81. The molecule has 0 bridgehead atoms. The molecule has 2 N–H and O–H groups in total. The summed E-state index contributed by atoms with van der Waals surface area (Å²) in [5.41, 5.74) is 5.27. The van der Waals surface area contributed by atoms with Crippen molar-refractivity contribution in [2.24, 2.45) is 7.05 Å². The molecule has 0 saturated heterocycles. The summed E-state index contributed by atoms with van der Waals surface area (Å²) in [6.07, 6.45) is 2.27. The minimum atomic E-state index is -0.161. The van der Waals surface area contributed by atoms with Gasteiger partial charge in [-0.15, -0.1) is 0 Å². The third-order valence-corrected chi connectivity index (χ3v) is 4.93. The first-order valence-corrected chi connectivity index (χ1v) is 8.81. The fourth-order valence-corrected chi connectivity index (χ4v) is 3.67. The Hall–Kier alpha value is -3.08. The summed E-state index contributed by atoms with van der Waals surface area (Å²) in [5, 5.41) is 4.22. The van der Waals surface area contributed by atoms with Gasteiger partial charge in [-0.3, -0.25) is 4.79 Å². The highest BCUT2D eigenvalue weighted by molar-refractivity contribution is 5.91. The van der Waals surface area contributed by atoms with E-state index >= 15 is 0 Å². The summed E-state index contributed by atoms with van der Waals surface area (Å²) in [4.78, 5) is 20.5. The number of hydrogen-bond acceptors (Lipinski definition) is 2. The molecule has 1 amide bonds. The van der Waals surface area contributed by atoms with E-state index in [1.54, 1.807) is 0 Å². The number of para-hydroxylation sites is 2. The molecule has 0 saturated carbocycles. The third kappa shape index (κ3) is 2.75. The predicted octanol–water partition coefficient (Wildman–Crippen LogP) is 3.78. The number of fused-ring (bicyclic) bond motifs is 2. The zero-order valence-electron chi connectivity index (χ0n) is 15.2. The highest BCUT2D eigenvalue weighted by Crippen LogP contribution is 2.23. The Balaban J connectivity index is 1.54. The Morgan fingerprint density at radius 2 is 2.04 bits per heavy atom. The van der Waals surface area contributed by atoms with E-state index in [9.17, 15) is 4.79 Å². The molecule has 2 aromatic heterocycles. The lowest BCUT2D eigenvalue weighted by atomic mass is 10.1. The number of hydrogen-bond donors (Lipinski definition) is 2. The van der Waals surface area contributed by atoms with Gasteiger partial charge in [0.15, 0.2) is 0 Å². The smallest absolute Gasteiger partial charge is 0.225 e. The van der Waals surface area contributed by atoms with Crippen molar-refractivity contribution in [3.05, 3.63) is 65.6 Å². The molecule has 0 radical (unpaired) electrons. The van der Waals surface area contributed by atoms with Gasteiger partial charge in [0.25, 0.3) is 0 Å². The van der Waals surface area contributed by atoms with Crippen molar-refractivity contribution in [2.75, 3.05) is 0 Å². The van der Waals surface area contributed by atoms with Crippen LogP contribution in [-0.4, -0.2) is 20.4 Å². The fourth-order valence-electron chi connectivity index (χ4n) is 3.67. The molecule has 4 aromatic rings. The van der Waals surface area contributed by atoms with Crippen LogP contribution in [0.4, 0.5) is 0 Å². The number of aryl methyl sites for hydroxylation is 2. The number of H-pyrrole nitrogens is 1. The zero-order chi connectivity index (χ0) is 18.3. The van der Waals surface area contributed by atoms with Crippen molar-refractivity contribution in [1.29, 1.82) is 0 Å². The molecule has 26 heavy (non-hydrogen) atoms. The molecular weight excluding hydrogens is 324 g/mol. The third-order valence-electron chi connectivity index (χ3n) is 4.93. The average molecular weight is 346 g/mol. The highest BCUT2D eigenvalue weighted by atomic mass is 16.1. The molecule has 0 unspecified atom stereocenters. The van der Waals surface area contributed by atoms with Crippen molar-refractivity contribution in [3.8, 4) is 0 Å². The van der Waals surface area contributed by atoms with Crippen molar-refractivity contribution < 1.29 is 4.79 Å². The lowest BCUT2D eigenvalue weighted by Crippen LogP contribution is -2.29. The molecule has 1 atom stereocenters. The number of carbonyl (C=O) groups excluding carboxylic acids is 1. The summed E-state index contributed by atoms with van der Waals surface area (Å²) in [6, 6.07) is 14.0. The predicted molar refractivity (Wildman–Crippen MR) is 104 cm³/mol. The maximum absolute atomic E-state index is 12.6. The SMILES string of the molecule is Cc1cccc2[nH]cc(CC(=O)N[C@H](C)c3nc4ccccc4n3C)c12. The van der Waals surface area contributed by atoms with Gasteiger partial charge in [-0.05, 0) is 43.2 Å². The van der Waals surface area contributed by atoms with Gasteiger partial charge >= 0.3 is 0 Å². The largest absolute Gasteiger partial charge is 0.361 e. The van der Waals surface area contributed by atoms with Gasteiger partial charge in [0.2, 0.25) is 5.91 Å². The highest BCUT2D eigenvalue weighted by Gasteiger charge is 2.17. The standard InChI is InChI=1S/C21H22N4O/c1-13-7-6-9-17-20(13)15(12-22-17)11-19(26)23-14(2)21-24-16-8-4-5-10-18(16)25(21)3/h4-10,12,14,22H,11H2,1-3H3,(H,23,26)/t14-/m1/s1. The van der Waals surface area contributed by atoms with Crippen LogP contribution in [0, 0.1) is 6.92 Å². The fraction of sp³-hybridized carbons (Fsp3) is 0.238. The maximum Gasteiger partial charge on any atom is 0.225 e. The Morgan fingerprint density at radius 3 is 2.85 bits per heavy atom. The molecule has 4 rings (SSSR count). The Labute approximate surface area is 152 Å². The molecule has 0 aliphatic heterocycles. The number of benzene rings is 2. The first kappa shape index (κ1) is 16.4. The van der Waals surface area contributed by atoms with Gasteiger partial charge in [-0.2, -0.15) is 0 Å². The molecule has 5 nitrogen and oxygen atoms in total. The second kappa shape index (κ2) is 6.33. The number of nitrogens with one attached hydrogen (secondary N) is 2. The number of aromatic amines is 1. The monoisotopic (exact) mass is 346 g/mol. The average Bonchev–Trinajstić information content (AvgIpc) is 3.18. The van der Waals surface area contributed by atoms with Crippen molar-refractivity contribution in [2.45, 2.75) is 26.3 Å². The molecule has 2 aromatic carbocycles. The molecule has 0 spiro atoms. The lowest BCUT2D eigenvalue weighted by Gasteiger charge is -2.14. The number of imidazole rings is 1. The van der Waals surface area contributed by atoms with Gasteiger partial charge in [-0.1, -0.05) is 24.3 Å². The van der Waals surface area contributed by atoms with Gasteiger partial charge in [-0.25, -0.2) is 4.98 Å². The van der Waals surface area contributed by atoms with Crippen LogP contribution in [0.2, 0.25) is 0 Å². The van der Waals surface area contributed by atoms with Gasteiger partial charge in [0.05, 0.1) is 23.5 Å². The van der Waals surface area contributed by atoms with E-state index in [2.05, 4.69) is 28.3 Å². The number of aromatic nitrogens is 3. The summed E-state index contributed by atoms with van der Waals surface area (Å²) < 4.78 is 2.04. The van der Waals surface area contributed by atoms with Crippen molar-refractivity contribution in [3.63, 3.8) is 0 Å². The maximum atomic E-state index is 12.6. The van der Waals surface area contributed by atoms with E-state index in [-0.39, 0.29) is 11.9 Å². The van der Waals surface area contributed by atoms with Crippen LogP contribution in [0.1, 0.15) is 29.9 Å². The van der Waals surface area contributed by atoms with E-state index in [0.717, 1.165) is 33.3 Å². The summed E-state index contributed by atoms with van der Waals surface area (Å²) in [7, 11) is 1.98. The van der Waals surface area contributed by atoms with Crippen molar-refractivity contribution >= 4 is 27.8 Å². The normalized spacial score (nSPS) is 12.6. The van der Waals surface area contributed by atoms with Crippen LogP contribution >= 0.6 is 0 Å².